The van der Waals surface area contributed by atoms with E-state index in [9.17, 15) is 9.59 Å². The summed E-state index contributed by atoms with van der Waals surface area (Å²) in [4.78, 5) is 27.7. The fourth-order valence-electron chi connectivity index (χ4n) is 3.15. The van der Waals surface area contributed by atoms with Gasteiger partial charge in [-0.3, -0.25) is 9.59 Å². The SMILES string of the molecule is CCCCCCCC[Si](C)C(=O)N[Si](C)(CCCCCCCC)C(N)=O. The Morgan fingerprint density at radius 3 is 1.81 bits per heavy atom. The minimum Gasteiger partial charge on any atom is -0.379 e. The van der Waals surface area contributed by atoms with Crippen molar-refractivity contribution in [2.24, 2.45) is 5.73 Å². The Bertz CT molecular complexity index is 394. The number of carbonyl (C=O) groups excluding carboxylic acids is 2. The molecule has 0 aromatic carbocycles. The summed E-state index contributed by atoms with van der Waals surface area (Å²) in [6, 6.07) is 1.79. The lowest BCUT2D eigenvalue weighted by molar-refractivity contribution is 0.258. The Morgan fingerprint density at radius 2 is 1.31 bits per heavy atom. The molecule has 0 rings (SSSR count). The summed E-state index contributed by atoms with van der Waals surface area (Å²) in [7, 11) is -3.61. The third kappa shape index (κ3) is 11.9. The zero-order chi connectivity index (χ0) is 19.8. The van der Waals surface area contributed by atoms with Crippen LogP contribution in [-0.2, 0) is 0 Å². The number of nitrogens with two attached hydrogens (primary N) is 1. The molecule has 0 aliphatic carbocycles. The fourth-order valence-corrected chi connectivity index (χ4v) is 7.79. The van der Waals surface area contributed by atoms with E-state index in [2.05, 4.69) is 25.4 Å². The van der Waals surface area contributed by atoms with Gasteiger partial charge in [-0.15, -0.1) is 0 Å². The van der Waals surface area contributed by atoms with Crippen molar-refractivity contribution in [3.63, 3.8) is 0 Å². The Kier molecular flexibility index (Phi) is 15.1. The van der Waals surface area contributed by atoms with Crippen molar-refractivity contribution in [2.45, 2.75) is 116 Å². The smallest absolute Gasteiger partial charge is 0.255 e. The first-order valence-corrected chi connectivity index (χ1v) is 15.7. The Labute approximate surface area is 164 Å². The van der Waals surface area contributed by atoms with Crippen molar-refractivity contribution in [1.29, 1.82) is 0 Å². The lowest BCUT2D eigenvalue weighted by atomic mass is 10.1. The molecule has 0 saturated carbocycles. The summed E-state index contributed by atoms with van der Waals surface area (Å²) < 4.78 is 0. The summed E-state index contributed by atoms with van der Waals surface area (Å²) in [5.41, 5.74) is 5.53. The van der Waals surface area contributed by atoms with Crippen molar-refractivity contribution in [3.8, 4) is 0 Å². The predicted octanol–water partition coefficient (Wildman–Crippen LogP) is 6.36. The number of amides is 2. The van der Waals surface area contributed by atoms with E-state index in [0.29, 0.717) is 0 Å². The lowest BCUT2D eigenvalue weighted by Crippen LogP contribution is -2.61. The first-order chi connectivity index (χ1) is 12.4. The molecule has 153 valence electrons. The van der Waals surface area contributed by atoms with Crippen LogP contribution in [0.4, 0.5) is 9.59 Å². The van der Waals surface area contributed by atoms with Crippen LogP contribution in [-0.4, -0.2) is 28.1 Å². The maximum Gasteiger partial charge on any atom is 0.255 e. The standard InChI is InChI=1S/C20H43N2O2Si2/c1-5-7-9-11-13-15-17-25(3)20(24)22-26(4,19(21)23)18-16-14-12-10-8-6-2/h5-18H2,1-4H3,(H2,21,23)(H,22,24). The van der Waals surface area contributed by atoms with Crippen molar-refractivity contribution in [3.05, 3.63) is 0 Å². The highest BCUT2D eigenvalue weighted by Crippen LogP contribution is 2.16. The molecule has 1 radical (unpaired) electrons. The molecular weight excluding hydrogens is 356 g/mol. The number of rotatable bonds is 17. The monoisotopic (exact) mass is 399 g/mol. The number of carbonyl (C=O) groups is 2. The largest absolute Gasteiger partial charge is 0.379 e. The van der Waals surface area contributed by atoms with Crippen LogP contribution < -0.4 is 10.7 Å². The normalized spacial score (nSPS) is 13.6. The van der Waals surface area contributed by atoms with Gasteiger partial charge in [0.15, 0.2) is 14.3 Å². The first kappa shape index (κ1) is 25.4. The second-order valence-corrected chi connectivity index (χ2v) is 14.4. The molecule has 0 spiro atoms. The maximum atomic E-state index is 12.6. The molecule has 0 bridgehead atoms. The van der Waals surface area contributed by atoms with Crippen LogP contribution in [0.25, 0.3) is 0 Å². The molecule has 6 heteroatoms. The van der Waals surface area contributed by atoms with Gasteiger partial charge in [-0.1, -0.05) is 103 Å². The van der Waals surface area contributed by atoms with Gasteiger partial charge in [-0.25, -0.2) is 0 Å². The van der Waals surface area contributed by atoms with E-state index in [1.54, 1.807) is 0 Å². The Hall–Kier alpha value is -0.626. The van der Waals surface area contributed by atoms with Crippen molar-refractivity contribution < 1.29 is 9.59 Å². The highest BCUT2D eigenvalue weighted by molar-refractivity contribution is 7.07. The van der Waals surface area contributed by atoms with Gasteiger partial charge in [0.1, 0.15) is 0 Å². The fraction of sp³-hybridized carbons (Fsp3) is 0.900. The number of hydrogen-bond acceptors (Lipinski definition) is 2. The van der Waals surface area contributed by atoms with Crippen LogP contribution in [0.3, 0.4) is 0 Å². The summed E-state index contributed by atoms with van der Waals surface area (Å²) in [6.07, 6.45) is 14.6. The van der Waals surface area contributed by atoms with Gasteiger partial charge in [0.2, 0.25) is 5.53 Å². The van der Waals surface area contributed by atoms with Gasteiger partial charge in [0.25, 0.3) is 8.24 Å². The molecule has 0 heterocycles. The molecule has 0 saturated heterocycles. The topological polar surface area (TPSA) is 72.2 Å². The first-order valence-electron chi connectivity index (χ1n) is 10.8. The van der Waals surface area contributed by atoms with Crippen LogP contribution >= 0.6 is 0 Å². The quantitative estimate of drug-likeness (QED) is 0.221. The van der Waals surface area contributed by atoms with Crippen LogP contribution in [0.1, 0.15) is 90.9 Å². The lowest BCUT2D eigenvalue weighted by Gasteiger charge is -2.26. The summed E-state index contributed by atoms with van der Waals surface area (Å²) >= 11 is 0. The number of unbranched alkanes of at least 4 members (excludes halogenated alkanes) is 10. The maximum absolute atomic E-state index is 12.6. The minimum absolute atomic E-state index is 0.127. The van der Waals surface area contributed by atoms with Gasteiger partial charge >= 0.3 is 0 Å². The second-order valence-electron chi connectivity index (χ2n) is 7.97. The summed E-state index contributed by atoms with van der Waals surface area (Å²) in [5, 5.41) is 0. The molecule has 0 aliphatic heterocycles. The highest BCUT2D eigenvalue weighted by Gasteiger charge is 2.37. The van der Waals surface area contributed by atoms with Gasteiger partial charge in [0, 0.05) is 0 Å². The van der Waals surface area contributed by atoms with E-state index in [0.717, 1.165) is 31.4 Å². The van der Waals surface area contributed by atoms with Crippen molar-refractivity contribution >= 4 is 28.1 Å². The predicted molar refractivity (Wildman–Crippen MR) is 118 cm³/mol. The van der Waals surface area contributed by atoms with Crippen molar-refractivity contribution in [1.82, 2.24) is 4.98 Å². The molecule has 1 unspecified atom stereocenters. The van der Waals surface area contributed by atoms with Crippen LogP contribution in [0.2, 0.25) is 25.2 Å². The average Bonchev–Trinajstić information content (AvgIpc) is 2.60. The molecule has 1 atom stereocenters. The summed E-state index contributed by atoms with van der Waals surface area (Å²) in [5.74, 6) is 0. The van der Waals surface area contributed by atoms with Gasteiger partial charge in [-0.05, 0) is 12.6 Å². The number of primary amides is 1. The van der Waals surface area contributed by atoms with E-state index < -0.39 is 17.0 Å². The molecule has 0 aromatic heterocycles. The number of nitrogens with one attached hydrogen (secondary N) is 1. The van der Waals surface area contributed by atoms with Crippen LogP contribution in [0, 0.1) is 0 Å². The molecule has 26 heavy (non-hydrogen) atoms. The van der Waals surface area contributed by atoms with Gasteiger partial charge in [-0.2, -0.15) is 0 Å². The van der Waals surface area contributed by atoms with E-state index in [1.165, 1.54) is 57.8 Å². The van der Waals surface area contributed by atoms with Crippen LogP contribution in [0.5, 0.6) is 0 Å². The molecule has 0 aromatic rings. The number of hydrogen-bond donors (Lipinski definition) is 2. The molecule has 3 N–H and O–H groups in total. The molecule has 4 nitrogen and oxygen atoms in total. The van der Waals surface area contributed by atoms with E-state index in [-0.39, 0.29) is 11.1 Å². The summed E-state index contributed by atoms with van der Waals surface area (Å²) in [6.45, 7) is 8.44. The van der Waals surface area contributed by atoms with Crippen molar-refractivity contribution in [2.75, 3.05) is 0 Å². The van der Waals surface area contributed by atoms with Gasteiger partial charge < -0.3 is 10.7 Å². The highest BCUT2D eigenvalue weighted by atomic mass is 28.3. The Morgan fingerprint density at radius 1 is 0.846 bits per heavy atom. The zero-order valence-corrected chi connectivity index (χ0v) is 19.8. The average molecular weight is 400 g/mol. The minimum atomic E-state index is -2.52. The van der Waals surface area contributed by atoms with E-state index in [1.807, 2.05) is 6.55 Å². The third-order valence-electron chi connectivity index (χ3n) is 5.26. The zero-order valence-electron chi connectivity index (χ0n) is 17.8. The second kappa shape index (κ2) is 15.4. The van der Waals surface area contributed by atoms with Crippen LogP contribution in [0.15, 0.2) is 0 Å². The van der Waals surface area contributed by atoms with Gasteiger partial charge in [0.05, 0.1) is 0 Å². The molecule has 0 fully saturated rings. The molecule has 0 aliphatic rings. The third-order valence-corrected chi connectivity index (χ3v) is 10.7. The molecular formula is C20H43N2O2Si2. The molecule has 2 amide bonds. The van der Waals surface area contributed by atoms with E-state index in [4.69, 9.17) is 5.73 Å². The van der Waals surface area contributed by atoms with E-state index >= 15 is 0 Å². The Balaban J connectivity index is 4.19.